The van der Waals surface area contributed by atoms with E-state index in [0.717, 1.165) is 0 Å². The van der Waals surface area contributed by atoms with Gasteiger partial charge in [0.25, 0.3) is 0 Å². The Kier molecular flexibility index (Phi) is 6.37. The van der Waals surface area contributed by atoms with Gasteiger partial charge in [0.15, 0.2) is 6.04 Å². The molecule has 184 valence electrons. The summed E-state index contributed by atoms with van der Waals surface area (Å²) in [7, 11) is 0. The number of carbonyl (C=O) groups excluding carboxylic acids is 3. The van der Waals surface area contributed by atoms with Crippen LogP contribution in [0, 0.1) is 34.0 Å². The van der Waals surface area contributed by atoms with Gasteiger partial charge in [-0.05, 0) is 34.8 Å². The topological polar surface area (TPSA) is 128 Å². The summed E-state index contributed by atoms with van der Waals surface area (Å²) in [4.78, 5) is 39.6. The first-order valence-electron chi connectivity index (χ1n) is 10.8. The van der Waals surface area contributed by atoms with Crippen LogP contribution in [0.1, 0.15) is 46.4 Å². The highest BCUT2D eigenvalue weighted by Crippen LogP contribution is 2.65. The van der Waals surface area contributed by atoms with Crippen LogP contribution in [0.3, 0.4) is 0 Å². The highest BCUT2D eigenvalue weighted by Gasteiger charge is 2.70. The van der Waals surface area contributed by atoms with Crippen molar-refractivity contribution in [2.45, 2.75) is 58.9 Å². The van der Waals surface area contributed by atoms with Crippen LogP contribution in [0.5, 0.6) is 0 Å². The number of fused-ring (bicyclic) bond motifs is 1. The third kappa shape index (κ3) is 4.69. The zero-order valence-corrected chi connectivity index (χ0v) is 19.5. The largest absolute Gasteiger partial charge is 0.471 e. The number of amides is 3. The molecule has 1 saturated heterocycles. The van der Waals surface area contributed by atoms with Gasteiger partial charge in [-0.3, -0.25) is 14.4 Å². The number of alkyl halides is 3. The molecule has 1 aromatic heterocycles. The van der Waals surface area contributed by atoms with E-state index in [1.807, 2.05) is 19.9 Å². The van der Waals surface area contributed by atoms with E-state index in [2.05, 4.69) is 15.5 Å². The fraction of sp³-hybridized carbons (Fsp3) is 0.636. The number of carbonyl (C=O) groups is 3. The minimum absolute atomic E-state index is 0.0387. The summed E-state index contributed by atoms with van der Waals surface area (Å²) in [6.07, 6.45) is -3.75. The average molecular weight is 480 g/mol. The lowest BCUT2D eigenvalue weighted by molar-refractivity contribution is -0.176. The molecule has 1 aliphatic carbocycles. The third-order valence-electron chi connectivity index (χ3n) is 6.71. The van der Waals surface area contributed by atoms with Crippen LogP contribution in [0.25, 0.3) is 0 Å². The molecule has 34 heavy (non-hydrogen) atoms. The minimum atomic E-state index is -5.16. The van der Waals surface area contributed by atoms with Crippen LogP contribution >= 0.6 is 0 Å². The van der Waals surface area contributed by atoms with Crippen molar-refractivity contribution in [2.75, 3.05) is 6.54 Å². The molecule has 0 aromatic carbocycles. The van der Waals surface area contributed by atoms with Crippen LogP contribution in [-0.4, -0.2) is 57.6 Å². The molecule has 0 radical (unpaired) electrons. The fourth-order valence-corrected chi connectivity index (χ4v) is 4.71. The molecule has 0 spiro atoms. The summed E-state index contributed by atoms with van der Waals surface area (Å²) in [5, 5.41) is 21.4. The van der Waals surface area contributed by atoms with Gasteiger partial charge in [0, 0.05) is 12.7 Å². The molecular formula is C22H27F3N6O3. The first-order valence-corrected chi connectivity index (χ1v) is 10.8. The maximum Gasteiger partial charge on any atom is 0.471 e. The van der Waals surface area contributed by atoms with Gasteiger partial charge in [0.05, 0.1) is 11.8 Å². The molecule has 2 aliphatic rings. The molecule has 12 heteroatoms. The highest BCUT2D eigenvalue weighted by molar-refractivity contribution is 5.95. The number of nitrogens with one attached hydrogen (secondary N) is 2. The SMILES string of the molecule is CC(C)(C)C(NC(=O)C(F)(F)F)C(=O)N1C[C@H]2[C@@H]([C@H]1C(=O)NC(C#N)c1cccnn1)C2(C)C. The molecule has 5 atom stereocenters. The van der Waals surface area contributed by atoms with Crippen LogP contribution in [0.15, 0.2) is 18.3 Å². The van der Waals surface area contributed by atoms with Gasteiger partial charge in [-0.15, -0.1) is 0 Å². The number of nitrogens with zero attached hydrogens (tertiary/aromatic N) is 4. The standard InChI is InChI=1S/C22H27F3N6O3/c1-20(2,3)16(29-19(34)22(23,24)25)18(33)31-10-11-14(21(11,4)5)15(31)17(32)28-13(9-26)12-7-6-8-27-30-12/h6-8,11,13-16H,10H2,1-5H3,(H,28,32)(H,29,34)/t11-,13?,14-,15-,16?/m0/s1. The van der Waals surface area contributed by atoms with Crippen molar-refractivity contribution in [3.63, 3.8) is 0 Å². The van der Waals surface area contributed by atoms with E-state index in [-0.39, 0.29) is 29.5 Å². The van der Waals surface area contributed by atoms with E-state index >= 15 is 0 Å². The second kappa shape index (κ2) is 8.52. The van der Waals surface area contributed by atoms with Gasteiger partial charge in [-0.25, -0.2) is 0 Å². The van der Waals surface area contributed by atoms with Crippen molar-refractivity contribution >= 4 is 17.7 Å². The highest BCUT2D eigenvalue weighted by atomic mass is 19.4. The molecule has 9 nitrogen and oxygen atoms in total. The van der Waals surface area contributed by atoms with Crippen molar-refractivity contribution in [1.82, 2.24) is 25.7 Å². The molecule has 1 saturated carbocycles. The van der Waals surface area contributed by atoms with Crippen molar-refractivity contribution in [1.29, 1.82) is 5.26 Å². The Labute approximate surface area is 195 Å². The van der Waals surface area contributed by atoms with Crippen LogP contribution < -0.4 is 10.6 Å². The fourth-order valence-electron chi connectivity index (χ4n) is 4.71. The molecule has 1 aliphatic heterocycles. The zero-order valence-electron chi connectivity index (χ0n) is 19.5. The maximum atomic E-state index is 13.4. The second-order valence-electron chi connectivity index (χ2n) is 10.4. The van der Waals surface area contributed by atoms with Crippen molar-refractivity contribution in [3.05, 3.63) is 24.0 Å². The summed E-state index contributed by atoms with van der Waals surface area (Å²) in [6, 6.07) is 1.37. The number of halogens is 3. The van der Waals surface area contributed by atoms with E-state index in [1.165, 1.54) is 37.9 Å². The van der Waals surface area contributed by atoms with Crippen molar-refractivity contribution in [2.24, 2.45) is 22.7 Å². The number of rotatable bonds is 5. The van der Waals surface area contributed by atoms with Crippen LogP contribution in [0.2, 0.25) is 0 Å². The van der Waals surface area contributed by atoms with Crippen LogP contribution in [-0.2, 0) is 14.4 Å². The second-order valence-corrected chi connectivity index (χ2v) is 10.4. The normalized spacial score (nSPS) is 24.9. The quantitative estimate of drug-likeness (QED) is 0.661. The smallest absolute Gasteiger partial charge is 0.336 e. The van der Waals surface area contributed by atoms with Gasteiger partial charge < -0.3 is 15.5 Å². The average Bonchev–Trinajstić information content (AvgIpc) is 3.09. The predicted octanol–water partition coefficient (Wildman–Crippen LogP) is 1.73. The molecule has 0 bridgehead atoms. The Hall–Kier alpha value is -3.23. The maximum absolute atomic E-state index is 13.4. The Morgan fingerprint density at radius 3 is 2.38 bits per heavy atom. The van der Waals surface area contributed by atoms with Crippen LogP contribution in [0.4, 0.5) is 13.2 Å². The van der Waals surface area contributed by atoms with Crippen molar-refractivity contribution < 1.29 is 27.6 Å². The van der Waals surface area contributed by atoms with Gasteiger partial charge >= 0.3 is 12.1 Å². The van der Waals surface area contributed by atoms with Gasteiger partial charge in [-0.1, -0.05) is 34.6 Å². The molecule has 1 aromatic rings. The Balaban J connectivity index is 1.87. The van der Waals surface area contributed by atoms with Gasteiger partial charge in [-0.2, -0.15) is 28.6 Å². The lowest BCUT2D eigenvalue weighted by Crippen LogP contribution is -2.60. The monoisotopic (exact) mass is 480 g/mol. The lowest BCUT2D eigenvalue weighted by atomic mass is 9.85. The molecular weight excluding hydrogens is 453 g/mol. The van der Waals surface area contributed by atoms with Crippen molar-refractivity contribution in [3.8, 4) is 6.07 Å². The number of hydrogen-bond donors (Lipinski definition) is 2. The molecule has 2 N–H and O–H groups in total. The molecule has 2 unspecified atom stereocenters. The molecule has 3 rings (SSSR count). The Morgan fingerprint density at radius 2 is 1.88 bits per heavy atom. The number of hydrogen-bond acceptors (Lipinski definition) is 6. The Morgan fingerprint density at radius 1 is 1.24 bits per heavy atom. The summed E-state index contributed by atoms with van der Waals surface area (Å²) < 4.78 is 38.7. The zero-order chi connectivity index (χ0) is 25.6. The first-order chi connectivity index (χ1) is 15.6. The number of nitriles is 1. The number of piperidine rings is 1. The number of aromatic nitrogens is 2. The first kappa shape index (κ1) is 25.4. The van der Waals surface area contributed by atoms with E-state index in [4.69, 9.17) is 0 Å². The summed E-state index contributed by atoms with van der Waals surface area (Å²) in [6.45, 7) is 8.64. The summed E-state index contributed by atoms with van der Waals surface area (Å²) in [5.41, 5.74) is -1.11. The van der Waals surface area contributed by atoms with E-state index in [1.54, 1.807) is 11.4 Å². The van der Waals surface area contributed by atoms with E-state index < -0.39 is 47.4 Å². The summed E-state index contributed by atoms with van der Waals surface area (Å²) >= 11 is 0. The predicted molar refractivity (Wildman–Crippen MR) is 112 cm³/mol. The van der Waals surface area contributed by atoms with E-state index in [0.29, 0.717) is 0 Å². The van der Waals surface area contributed by atoms with E-state index in [9.17, 15) is 32.8 Å². The molecule has 3 amide bonds. The molecule has 2 fully saturated rings. The van der Waals surface area contributed by atoms with Gasteiger partial charge in [0.2, 0.25) is 11.8 Å². The summed E-state index contributed by atoms with van der Waals surface area (Å²) in [5.74, 6) is -3.89. The number of likely N-dealkylation sites (tertiary alicyclic amines) is 1. The minimum Gasteiger partial charge on any atom is -0.336 e. The van der Waals surface area contributed by atoms with Gasteiger partial charge in [0.1, 0.15) is 12.1 Å². The molecule has 2 heterocycles. The Bertz CT molecular complexity index is 1020. The third-order valence-corrected chi connectivity index (χ3v) is 6.71. The lowest BCUT2D eigenvalue weighted by Gasteiger charge is -2.37.